The van der Waals surface area contributed by atoms with Gasteiger partial charge in [-0.2, -0.15) is 0 Å². The van der Waals surface area contributed by atoms with Crippen molar-refractivity contribution in [2.24, 2.45) is 0 Å². The highest BCUT2D eigenvalue weighted by Gasteiger charge is 2.23. The van der Waals surface area contributed by atoms with Crippen LogP contribution in [0.2, 0.25) is 0 Å². The van der Waals surface area contributed by atoms with E-state index in [4.69, 9.17) is 11.6 Å². The van der Waals surface area contributed by atoms with Crippen molar-refractivity contribution in [3.05, 3.63) is 34.9 Å². The van der Waals surface area contributed by atoms with Gasteiger partial charge in [-0.25, -0.2) is 0 Å². The predicted molar refractivity (Wildman–Crippen MR) is 70.7 cm³/mol. The van der Waals surface area contributed by atoms with Crippen molar-refractivity contribution in [3.63, 3.8) is 0 Å². The topological polar surface area (TPSA) is 20.3 Å². The van der Waals surface area contributed by atoms with Crippen molar-refractivity contribution in [2.45, 2.75) is 32.1 Å². The lowest BCUT2D eigenvalue weighted by Crippen LogP contribution is -2.40. The van der Waals surface area contributed by atoms with Crippen LogP contribution in [0.15, 0.2) is 18.2 Å². The van der Waals surface area contributed by atoms with Crippen molar-refractivity contribution < 1.29 is 4.79 Å². The molecule has 92 valence electrons. The van der Waals surface area contributed by atoms with E-state index in [0.29, 0.717) is 6.54 Å². The molecule has 1 unspecified atom stereocenters. The lowest BCUT2D eigenvalue weighted by atomic mass is 10.0. The van der Waals surface area contributed by atoms with Crippen LogP contribution >= 0.6 is 11.6 Å². The summed E-state index contributed by atoms with van der Waals surface area (Å²) in [6.45, 7) is 5.49. The van der Waals surface area contributed by atoms with Gasteiger partial charge in [-0.15, -0.1) is 11.6 Å². The number of alkyl halides is 1. The number of amides is 1. The van der Waals surface area contributed by atoms with Gasteiger partial charge in [0.05, 0.1) is 5.38 Å². The maximum atomic E-state index is 12.4. The summed E-state index contributed by atoms with van der Waals surface area (Å²) in [6, 6.07) is 6.01. The summed E-state index contributed by atoms with van der Waals surface area (Å²) in [6.07, 6.45) is 2.02. The molecule has 0 N–H and O–H groups in total. The molecule has 2 rings (SSSR count). The monoisotopic (exact) mass is 251 g/mol. The minimum absolute atomic E-state index is 0.109. The summed E-state index contributed by atoms with van der Waals surface area (Å²) in [5.74, 6) is 0.122. The average Bonchev–Trinajstić information content (AvgIpc) is 2.31. The number of nitrogens with zero attached hydrogens (tertiary/aromatic N) is 1. The van der Waals surface area contributed by atoms with Gasteiger partial charge in [0.15, 0.2) is 0 Å². The predicted octanol–water partition coefficient (Wildman–Crippen LogP) is 3.15. The van der Waals surface area contributed by atoms with Gasteiger partial charge in [0.1, 0.15) is 0 Å². The van der Waals surface area contributed by atoms with Gasteiger partial charge < -0.3 is 4.90 Å². The van der Waals surface area contributed by atoms with Gasteiger partial charge >= 0.3 is 0 Å². The van der Waals surface area contributed by atoms with Gasteiger partial charge in [-0.3, -0.25) is 4.79 Å². The minimum Gasteiger partial charge on any atom is -0.337 e. The van der Waals surface area contributed by atoms with Gasteiger partial charge in [-0.1, -0.05) is 17.7 Å². The summed E-state index contributed by atoms with van der Waals surface area (Å²) in [5.41, 5.74) is 2.98. The second-order valence-electron chi connectivity index (χ2n) is 4.81. The first-order valence-electron chi connectivity index (χ1n) is 6.08. The maximum Gasteiger partial charge on any atom is 0.254 e. The molecule has 0 bridgehead atoms. The molecule has 0 radical (unpaired) electrons. The van der Waals surface area contributed by atoms with Crippen LogP contribution in [0.1, 0.15) is 34.3 Å². The van der Waals surface area contributed by atoms with Crippen molar-refractivity contribution in [3.8, 4) is 0 Å². The Hall–Kier alpha value is -1.02. The summed E-state index contributed by atoms with van der Waals surface area (Å²) < 4.78 is 0. The first-order chi connectivity index (χ1) is 8.08. The van der Waals surface area contributed by atoms with Gasteiger partial charge in [0.2, 0.25) is 0 Å². The second-order valence-corrected chi connectivity index (χ2v) is 5.43. The van der Waals surface area contributed by atoms with E-state index < -0.39 is 0 Å². The molecule has 1 aromatic rings. The number of hydrogen-bond donors (Lipinski definition) is 0. The fraction of sp³-hybridized carbons (Fsp3) is 0.500. The molecule has 1 fully saturated rings. The molecule has 17 heavy (non-hydrogen) atoms. The standard InChI is InChI=1S/C14H18ClNO/c1-10-5-6-11(2)13(8-10)14(17)16-7-3-4-12(15)9-16/h5-6,8,12H,3-4,7,9H2,1-2H3. The molecule has 1 aromatic carbocycles. The lowest BCUT2D eigenvalue weighted by Gasteiger charge is -2.30. The van der Waals surface area contributed by atoms with Crippen molar-refractivity contribution in [2.75, 3.05) is 13.1 Å². The molecule has 1 aliphatic rings. The highest BCUT2D eigenvalue weighted by molar-refractivity contribution is 6.21. The summed E-state index contributed by atoms with van der Waals surface area (Å²) in [4.78, 5) is 14.3. The van der Waals surface area contributed by atoms with E-state index in [1.165, 1.54) is 0 Å². The molecule has 0 aliphatic carbocycles. The van der Waals surface area contributed by atoms with Crippen molar-refractivity contribution in [1.29, 1.82) is 0 Å². The number of carbonyl (C=O) groups excluding carboxylic acids is 1. The number of carbonyl (C=O) groups is 1. The van der Waals surface area contributed by atoms with E-state index in [1.807, 2.05) is 36.9 Å². The highest BCUT2D eigenvalue weighted by atomic mass is 35.5. The number of halogens is 1. The third kappa shape index (κ3) is 2.81. The smallest absolute Gasteiger partial charge is 0.254 e. The summed E-state index contributed by atoms with van der Waals surface area (Å²) >= 11 is 6.12. The van der Waals surface area contributed by atoms with E-state index in [0.717, 1.165) is 36.1 Å². The average molecular weight is 252 g/mol. The Morgan fingerprint density at radius 1 is 1.41 bits per heavy atom. The van der Waals surface area contributed by atoms with Gasteiger partial charge in [0.25, 0.3) is 5.91 Å². The molecule has 3 heteroatoms. The second kappa shape index (κ2) is 5.09. The highest BCUT2D eigenvalue weighted by Crippen LogP contribution is 2.19. The van der Waals surface area contributed by atoms with Crippen LogP contribution < -0.4 is 0 Å². The third-order valence-electron chi connectivity index (χ3n) is 3.27. The van der Waals surface area contributed by atoms with Crippen molar-refractivity contribution >= 4 is 17.5 Å². The Morgan fingerprint density at radius 2 is 2.18 bits per heavy atom. The number of benzene rings is 1. The molecular formula is C14H18ClNO. The van der Waals surface area contributed by atoms with Crippen LogP contribution in [0.25, 0.3) is 0 Å². The van der Waals surface area contributed by atoms with Crippen LogP contribution in [0, 0.1) is 13.8 Å². The zero-order valence-electron chi connectivity index (χ0n) is 10.4. The summed E-state index contributed by atoms with van der Waals surface area (Å²) in [5, 5.41) is 0.109. The molecular weight excluding hydrogens is 234 g/mol. The first kappa shape index (κ1) is 12.4. The molecule has 1 amide bonds. The normalized spacial score (nSPS) is 20.4. The molecule has 1 heterocycles. The number of hydrogen-bond acceptors (Lipinski definition) is 1. The van der Waals surface area contributed by atoms with Crippen LogP contribution in [-0.4, -0.2) is 29.3 Å². The van der Waals surface area contributed by atoms with E-state index in [9.17, 15) is 4.79 Å². The Kier molecular flexibility index (Phi) is 3.72. The van der Waals surface area contributed by atoms with Gasteiger partial charge in [-0.05, 0) is 38.3 Å². The Labute approximate surface area is 108 Å². The van der Waals surface area contributed by atoms with Crippen LogP contribution in [-0.2, 0) is 0 Å². The Morgan fingerprint density at radius 3 is 2.88 bits per heavy atom. The summed E-state index contributed by atoms with van der Waals surface area (Å²) in [7, 11) is 0. The SMILES string of the molecule is Cc1ccc(C)c(C(=O)N2CCCC(Cl)C2)c1. The maximum absolute atomic E-state index is 12.4. The largest absolute Gasteiger partial charge is 0.337 e. The molecule has 1 atom stereocenters. The molecule has 1 aliphatic heterocycles. The zero-order valence-corrected chi connectivity index (χ0v) is 11.1. The molecule has 0 aromatic heterocycles. The molecule has 1 saturated heterocycles. The Bertz CT molecular complexity index is 430. The third-order valence-corrected chi connectivity index (χ3v) is 3.63. The van der Waals surface area contributed by atoms with E-state index in [-0.39, 0.29) is 11.3 Å². The fourth-order valence-electron chi connectivity index (χ4n) is 2.25. The molecule has 2 nitrogen and oxygen atoms in total. The van der Waals surface area contributed by atoms with Crippen LogP contribution in [0.5, 0.6) is 0 Å². The van der Waals surface area contributed by atoms with E-state index >= 15 is 0 Å². The van der Waals surface area contributed by atoms with Crippen LogP contribution in [0.4, 0.5) is 0 Å². The molecule has 0 spiro atoms. The number of rotatable bonds is 1. The first-order valence-corrected chi connectivity index (χ1v) is 6.52. The van der Waals surface area contributed by atoms with E-state index in [2.05, 4.69) is 0 Å². The fourth-order valence-corrected chi connectivity index (χ4v) is 2.57. The number of likely N-dealkylation sites (tertiary alicyclic amines) is 1. The molecule has 0 saturated carbocycles. The minimum atomic E-state index is 0.109. The lowest BCUT2D eigenvalue weighted by molar-refractivity contribution is 0.0726. The number of piperidine rings is 1. The number of aryl methyl sites for hydroxylation is 2. The van der Waals surface area contributed by atoms with Crippen LogP contribution in [0.3, 0.4) is 0 Å². The Balaban J connectivity index is 2.21. The zero-order chi connectivity index (χ0) is 12.4. The van der Waals surface area contributed by atoms with E-state index in [1.54, 1.807) is 0 Å². The van der Waals surface area contributed by atoms with Gasteiger partial charge in [0, 0.05) is 18.7 Å². The quantitative estimate of drug-likeness (QED) is 0.703. The van der Waals surface area contributed by atoms with Crippen molar-refractivity contribution in [1.82, 2.24) is 4.90 Å².